The molecule has 0 radical (unpaired) electrons. The van der Waals surface area contributed by atoms with Crippen LogP contribution in [0.15, 0.2) is 0 Å². The fourth-order valence-corrected chi connectivity index (χ4v) is 1.56. The molecule has 0 aliphatic carbocycles. The van der Waals surface area contributed by atoms with E-state index in [1.807, 2.05) is 5.01 Å². The maximum atomic E-state index is 5.35. The van der Waals surface area contributed by atoms with Crippen molar-refractivity contribution in [1.29, 1.82) is 0 Å². The second-order valence-corrected chi connectivity index (χ2v) is 2.63. The van der Waals surface area contributed by atoms with Gasteiger partial charge in [-0.25, -0.2) is 5.01 Å². The van der Waals surface area contributed by atoms with Gasteiger partial charge in [-0.05, 0) is 6.42 Å². The summed E-state index contributed by atoms with van der Waals surface area (Å²) in [6.45, 7) is 1.79. The minimum atomic E-state index is 0.436. The largest absolute Gasteiger partial charge is 0.375 e. The Morgan fingerprint density at radius 1 is 1.67 bits per heavy atom. The zero-order valence-electron chi connectivity index (χ0n) is 5.21. The summed E-state index contributed by atoms with van der Waals surface area (Å²) in [7, 11) is 0. The van der Waals surface area contributed by atoms with Crippen LogP contribution in [-0.4, -0.2) is 30.3 Å². The van der Waals surface area contributed by atoms with Gasteiger partial charge < -0.3 is 4.74 Å². The Labute approximate surface area is 53.9 Å². The minimum Gasteiger partial charge on any atom is -0.375 e. The smallest absolute Gasteiger partial charge is 0.0733 e. The van der Waals surface area contributed by atoms with Gasteiger partial charge in [0.25, 0.3) is 0 Å². The van der Waals surface area contributed by atoms with Crippen LogP contribution in [0.2, 0.25) is 0 Å². The van der Waals surface area contributed by atoms with E-state index in [4.69, 9.17) is 10.6 Å². The Morgan fingerprint density at radius 2 is 2.56 bits per heavy atom. The van der Waals surface area contributed by atoms with E-state index in [9.17, 15) is 0 Å². The predicted octanol–water partition coefficient (Wildman–Crippen LogP) is -1.16. The Hall–Kier alpha value is -0.160. The van der Waals surface area contributed by atoms with Crippen molar-refractivity contribution in [1.82, 2.24) is 10.5 Å². The molecule has 4 nitrogen and oxygen atoms in total. The van der Waals surface area contributed by atoms with Crippen molar-refractivity contribution in [2.45, 2.75) is 18.6 Å². The quantitative estimate of drug-likeness (QED) is 0.346. The van der Waals surface area contributed by atoms with Crippen LogP contribution >= 0.6 is 0 Å². The third-order valence-corrected chi connectivity index (χ3v) is 2.07. The van der Waals surface area contributed by atoms with Gasteiger partial charge in [-0.1, -0.05) is 0 Å². The molecule has 2 atom stereocenters. The Bertz CT molecular complexity index is 119. The predicted molar refractivity (Wildman–Crippen MR) is 32.2 cm³/mol. The van der Waals surface area contributed by atoms with E-state index < -0.39 is 0 Å². The Balaban J connectivity index is 2.01. The molecular formula is C5H11N3O. The van der Waals surface area contributed by atoms with E-state index in [0.29, 0.717) is 12.1 Å². The second-order valence-electron chi connectivity index (χ2n) is 2.63. The normalized spacial score (nSPS) is 42.3. The van der Waals surface area contributed by atoms with Gasteiger partial charge in [0.1, 0.15) is 0 Å². The number of ether oxygens (including phenoxy) is 1. The summed E-state index contributed by atoms with van der Waals surface area (Å²) in [6, 6.07) is 0.528. The molecule has 0 aromatic heterocycles. The SMILES string of the molecule is NNN1CC2CC1CO2. The molecule has 2 bridgehead atoms. The first-order valence-corrected chi connectivity index (χ1v) is 3.24. The molecule has 2 heterocycles. The van der Waals surface area contributed by atoms with Gasteiger partial charge in [0.05, 0.1) is 18.8 Å². The van der Waals surface area contributed by atoms with Crippen LogP contribution in [-0.2, 0) is 4.74 Å². The minimum absolute atomic E-state index is 0.436. The van der Waals surface area contributed by atoms with E-state index in [1.165, 1.54) is 0 Å². The third-order valence-electron chi connectivity index (χ3n) is 2.07. The van der Waals surface area contributed by atoms with Crippen molar-refractivity contribution >= 4 is 0 Å². The van der Waals surface area contributed by atoms with E-state index in [0.717, 1.165) is 19.6 Å². The molecule has 0 amide bonds. The highest BCUT2D eigenvalue weighted by atomic mass is 16.5. The number of hydrazine groups is 2. The number of hydrogen-bond acceptors (Lipinski definition) is 4. The zero-order chi connectivity index (χ0) is 6.27. The fraction of sp³-hybridized carbons (Fsp3) is 1.00. The lowest BCUT2D eigenvalue weighted by atomic mass is 10.3. The van der Waals surface area contributed by atoms with Gasteiger partial charge in [0.2, 0.25) is 0 Å². The lowest BCUT2D eigenvalue weighted by Crippen LogP contribution is -2.49. The molecule has 0 aromatic carbocycles. The molecule has 2 unspecified atom stereocenters. The van der Waals surface area contributed by atoms with E-state index in [2.05, 4.69) is 5.53 Å². The van der Waals surface area contributed by atoms with Crippen molar-refractivity contribution in [3.05, 3.63) is 0 Å². The number of rotatable bonds is 1. The van der Waals surface area contributed by atoms with E-state index in [1.54, 1.807) is 0 Å². The number of morpholine rings is 1. The van der Waals surface area contributed by atoms with Crippen molar-refractivity contribution in [3.63, 3.8) is 0 Å². The van der Waals surface area contributed by atoms with Gasteiger partial charge >= 0.3 is 0 Å². The van der Waals surface area contributed by atoms with Crippen molar-refractivity contribution in [3.8, 4) is 0 Å². The molecule has 4 heteroatoms. The van der Waals surface area contributed by atoms with Crippen molar-refractivity contribution in [2.75, 3.05) is 13.2 Å². The highest BCUT2D eigenvalue weighted by Crippen LogP contribution is 2.25. The topological polar surface area (TPSA) is 50.5 Å². The Morgan fingerprint density at radius 3 is 2.89 bits per heavy atom. The molecule has 2 aliphatic heterocycles. The van der Waals surface area contributed by atoms with Gasteiger partial charge in [0.15, 0.2) is 0 Å². The van der Waals surface area contributed by atoms with Crippen LogP contribution in [0.1, 0.15) is 6.42 Å². The summed E-state index contributed by atoms with van der Waals surface area (Å²) in [6.07, 6.45) is 1.58. The monoisotopic (exact) mass is 129 g/mol. The van der Waals surface area contributed by atoms with Crippen molar-refractivity contribution in [2.24, 2.45) is 5.84 Å². The first kappa shape index (κ1) is 5.61. The molecule has 2 fully saturated rings. The van der Waals surface area contributed by atoms with Crippen LogP contribution in [0.25, 0.3) is 0 Å². The molecule has 0 saturated carbocycles. The third kappa shape index (κ3) is 0.753. The average molecular weight is 129 g/mol. The highest BCUT2D eigenvalue weighted by Gasteiger charge is 2.38. The molecule has 2 aliphatic rings. The van der Waals surface area contributed by atoms with E-state index in [-0.39, 0.29) is 0 Å². The summed E-state index contributed by atoms with van der Waals surface area (Å²) >= 11 is 0. The van der Waals surface area contributed by atoms with Gasteiger partial charge in [-0.3, -0.25) is 5.84 Å². The van der Waals surface area contributed by atoms with Gasteiger partial charge in [-0.2, -0.15) is 5.53 Å². The maximum absolute atomic E-state index is 5.35. The van der Waals surface area contributed by atoms with Gasteiger partial charge in [0, 0.05) is 6.54 Å². The molecule has 2 saturated heterocycles. The first-order valence-electron chi connectivity index (χ1n) is 3.24. The molecule has 0 spiro atoms. The average Bonchev–Trinajstić information content (AvgIpc) is 2.45. The standard InChI is InChI=1S/C5H11N3O/c6-7-8-2-5-1-4(8)3-9-5/h4-5,7H,1-3,6H2. The Kier molecular flexibility index (Phi) is 1.19. The number of nitrogens with one attached hydrogen (secondary N) is 1. The highest BCUT2D eigenvalue weighted by molar-refractivity contribution is 4.88. The zero-order valence-corrected chi connectivity index (χ0v) is 5.21. The maximum Gasteiger partial charge on any atom is 0.0733 e. The first-order chi connectivity index (χ1) is 4.40. The molecule has 9 heavy (non-hydrogen) atoms. The van der Waals surface area contributed by atoms with Crippen LogP contribution in [0.4, 0.5) is 0 Å². The molecular weight excluding hydrogens is 118 g/mol. The van der Waals surface area contributed by atoms with Crippen LogP contribution in [0, 0.1) is 0 Å². The number of fused-ring (bicyclic) bond motifs is 2. The lowest BCUT2D eigenvalue weighted by molar-refractivity contribution is 0.00692. The summed E-state index contributed by atoms with van der Waals surface area (Å²) in [5.41, 5.74) is 2.65. The molecule has 0 aromatic rings. The number of nitrogens with two attached hydrogens (primary N) is 1. The van der Waals surface area contributed by atoms with Crippen molar-refractivity contribution < 1.29 is 4.74 Å². The summed E-state index contributed by atoms with van der Waals surface area (Å²) in [5.74, 6) is 5.24. The summed E-state index contributed by atoms with van der Waals surface area (Å²) in [4.78, 5) is 0. The second kappa shape index (κ2) is 1.91. The number of hydrogen-bond donors (Lipinski definition) is 2. The van der Waals surface area contributed by atoms with Crippen LogP contribution in [0.3, 0.4) is 0 Å². The fourth-order valence-electron chi connectivity index (χ4n) is 1.56. The van der Waals surface area contributed by atoms with Gasteiger partial charge in [-0.15, -0.1) is 0 Å². The molecule has 2 rings (SSSR count). The summed E-state index contributed by atoms with van der Waals surface area (Å²) < 4.78 is 5.35. The van der Waals surface area contributed by atoms with Crippen LogP contribution in [0.5, 0.6) is 0 Å². The molecule has 52 valence electrons. The van der Waals surface area contributed by atoms with E-state index >= 15 is 0 Å². The summed E-state index contributed by atoms with van der Waals surface area (Å²) in [5, 5.41) is 2.04. The number of nitrogens with zero attached hydrogens (tertiary/aromatic N) is 1. The molecule has 3 N–H and O–H groups in total. The lowest BCUT2D eigenvalue weighted by Gasteiger charge is -2.24. The van der Waals surface area contributed by atoms with Crippen LogP contribution < -0.4 is 11.4 Å².